The van der Waals surface area contributed by atoms with Gasteiger partial charge in [-0.1, -0.05) is 36.4 Å². The fraction of sp³-hybridized carbons (Fsp3) is 0.118. The zero-order chi connectivity index (χ0) is 14.5. The third-order valence-corrected chi connectivity index (χ3v) is 3.19. The minimum Gasteiger partial charge on any atom is -0.491 e. The van der Waals surface area contributed by atoms with Gasteiger partial charge in [-0.05, 0) is 24.3 Å². The SMILES string of the molecule is OCCOc1ccccc1/C=C/c1n[nH]c2ccccc12. The van der Waals surface area contributed by atoms with Crippen LogP contribution in [0.15, 0.2) is 48.5 Å². The molecule has 0 aliphatic rings. The van der Waals surface area contributed by atoms with Crippen LogP contribution in [0.1, 0.15) is 11.3 Å². The van der Waals surface area contributed by atoms with Crippen molar-refractivity contribution in [1.82, 2.24) is 10.2 Å². The van der Waals surface area contributed by atoms with Gasteiger partial charge in [-0.25, -0.2) is 0 Å². The number of benzene rings is 2. The lowest BCUT2D eigenvalue weighted by Gasteiger charge is -2.07. The summed E-state index contributed by atoms with van der Waals surface area (Å²) in [5, 5.41) is 17.3. The van der Waals surface area contributed by atoms with E-state index in [0.717, 1.165) is 27.9 Å². The standard InChI is InChI=1S/C17H16N2O2/c20-11-12-21-17-8-4-1-5-13(17)9-10-16-14-6-2-3-7-15(14)18-19-16/h1-10,20H,11-12H2,(H,18,19)/b10-9+. The first-order valence-corrected chi connectivity index (χ1v) is 6.82. The first kappa shape index (κ1) is 13.4. The number of para-hydroxylation sites is 2. The van der Waals surface area contributed by atoms with Crippen molar-refractivity contribution in [2.24, 2.45) is 0 Å². The Labute approximate surface area is 122 Å². The number of hydrogen-bond acceptors (Lipinski definition) is 3. The molecule has 0 bridgehead atoms. The van der Waals surface area contributed by atoms with Gasteiger partial charge >= 0.3 is 0 Å². The van der Waals surface area contributed by atoms with Crippen molar-refractivity contribution in [2.45, 2.75) is 0 Å². The van der Waals surface area contributed by atoms with E-state index in [1.807, 2.05) is 60.7 Å². The summed E-state index contributed by atoms with van der Waals surface area (Å²) in [7, 11) is 0. The fourth-order valence-corrected chi connectivity index (χ4v) is 2.19. The van der Waals surface area contributed by atoms with E-state index in [-0.39, 0.29) is 13.2 Å². The van der Waals surface area contributed by atoms with Crippen LogP contribution < -0.4 is 4.74 Å². The van der Waals surface area contributed by atoms with Crippen LogP contribution in [0.25, 0.3) is 23.1 Å². The van der Waals surface area contributed by atoms with E-state index >= 15 is 0 Å². The van der Waals surface area contributed by atoms with Crippen molar-refractivity contribution in [3.63, 3.8) is 0 Å². The normalized spacial score (nSPS) is 11.3. The second kappa shape index (κ2) is 6.24. The second-order valence-corrected chi connectivity index (χ2v) is 4.60. The summed E-state index contributed by atoms with van der Waals surface area (Å²) in [6.45, 7) is 0.290. The number of aliphatic hydroxyl groups is 1. The molecule has 2 N–H and O–H groups in total. The largest absolute Gasteiger partial charge is 0.491 e. The van der Waals surface area contributed by atoms with Crippen molar-refractivity contribution in [1.29, 1.82) is 0 Å². The molecule has 0 unspecified atom stereocenters. The van der Waals surface area contributed by atoms with E-state index in [9.17, 15) is 0 Å². The number of rotatable bonds is 5. The maximum absolute atomic E-state index is 8.86. The number of H-pyrrole nitrogens is 1. The van der Waals surface area contributed by atoms with Crippen molar-refractivity contribution >= 4 is 23.1 Å². The monoisotopic (exact) mass is 280 g/mol. The average Bonchev–Trinajstić information content (AvgIpc) is 2.95. The maximum atomic E-state index is 8.86. The Bertz CT molecular complexity index is 762. The molecular weight excluding hydrogens is 264 g/mol. The summed E-state index contributed by atoms with van der Waals surface area (Å²) < 4.78 is 5.51. The molecule has 2 aromatic carbocycles. The molecular formula is C17H16N2O2. The lowest BCUT2D eigenvalue weighted by Crippen LogP contribution is -2.02. The highest BCUT2D eigenvalue weighted by Crippen LogP contribution is 2.22. The lowest BCUT2D eigenvalue weighted by atomic mass is 10.1. The molecule has 3 rings (SSSR count). The summed E-state index contributed by atoms with van der Waals surface area (Å²) in [6.07, 6.45) is 3.93. The Morgan fingerprint density at radius 3 is 2.76 bits per heavy atom. The number of aromatic amines is 1. The van der Waals surface area contributed by atoms with Gasteiger partial charge in [-0.3, -0.25) is 5.10 Å². The van der Waals surface area contributed by atoms with Gasteiger partial charge in [-0.2, -0.15) is 5.10 Å². The molecule has 1 aromatic heterocycles. The van der Waals surface area contributed by atoms with Crippen LogP contribution in [0.4, 0.5) is 0 Å². The van der Waals surface area contributed by atoms with E-state index in [2.05, 4.69) is 10.2 Å². The van der Waals surface area contributed by atoms with Crippen molar-refractivity contribution in [3.05, 3.63) is 59.8 Å². The lowest BCUT2D eigenvalue weighted by molar-refractivity contribution is 0.201. The summed E-state index contributed by atoms with van der Waals surface area (Å²) >= 11 is 0. The predicted octanol–water partition coefficient (Wildman–Crippen LogP) is 3.10. The predicted molar refractivity (Wildman–Crippen MR) is 84.0 cm³/mol. The number of nitrogens with one attached hydrogen (secondary N) is 1. The molecule has 0 fully saturated rings. The molecule has 0 radical (unpaired) electrons. The van der Waals surface area contributed by atoms with Gasteiger partial charge in [0, 0.05) is 10.9 Å². The third kappa shape index (κ3) is 2.95. The van der Waals surface area contributed by atoms with Gasteiger partial charge in [0.1, 0.15) is 12.4 Å². The highest BCUT2D eigenvalue weighted by molar-refractivity contribution is 5.89. The van der Waals surface area contributed by atoms with E-state index in [1.54, 1.807) is 0 Å². The fourth-order valence-electron chi connectivity index (χ4n) is 2.19. The van der Waals surface area contributed by atoms with Gasteiger partial charge < -0.3 is 9.84 Å². The molecule has 4 heteroatoms. The van der Waals surface area contributed by atoms with E-state index < -0.39 is 0 Å². The summed E-state index contributed by atoms with van der Waals surface area (Å²) in [6, 6.07) is 15.7. The van der Waals surface area contributed by atoms with Gasteiger partial charge in [0.2, 0.25) is 0 Å². The number of hydrogen-bond donors (Lipinski definition) is 2. The molecule has 0 aliphatic carbocycles. The average molecular weight is 280 g/mol. The molecule has 4 nitrogen and oxygen atoms in total. The van der Waals surface area contributed by atoms with Gasteiger partial charge in [0.05, 0.1) is 17.8 Å². The highest BCUT2D eigenvalue weighted by atomic mass is 16.5. The van der Waals surface area contributed by atoms with E-state index in [1.165, 1.54) is 0 Å². The summed E-state index contributed by atoms with van der Waals surface area (Å²) in [5.41, 5.74) is 2.86. The zero-order valence-corrected chi connectivity index (χ0v) is 11.5. The minimum absolute atomic E-state index is 0.00204. The van der Waals surface area contributed by atoms with Crippen LogP contribution in [0.5, 0.6) is 5.75 Å². The quantitative estimate of drug-likeness (QED) is 0.755. The molecule has 3 aromatic rings. The molecule has 21 heavy (non-hydrogen) atoms. The van der Waals surface area contributed by atoms with Crippen LogP contribution in [-0.4, -0.2) is 28.5 Å². The van der Waals surface area contributed by atoms with Crippen LogP contribution >= 0.6 is 0 Å². The topological polar surface area (TPSA) is 58.1 Å². The Morgan fingerprint density at radius 2 is 1.86 bits per heavy atom. The van der Waals surface area contributed by atoms with E-state index in [4.69, 9.17) is 9.84 Å². The Balaban J connectivity index is 1.89. The molecule has 0 saturated heterocycles. The smallest absolute Gasteiger partial charge is 0.126 e. The van der Waals surface area contributed by atoms with Crippen LogP contribution in [0.3, 0.4) is 0 Å². The van der Waals surface area contributed by atoms with Crippen LogP contribution in [0.2, 0.25) is 0 Å². The molecule has 106 valence electrons. The van der Waals surface area contributed by atoms with E-state index in [0.29, 0.717) is 0 Å². The number of nitrogens with zero attached hydrogens (tertiary/aromatic N) is 1. The maximum Gasteiger partial charge on any atom is 0.126 e. The molecule has 0 atom stereocenters. The number of fused-ring (bicyclic) bond motifs is 1. The first-order valence-electron chi connectivity index (χ1n) is 6.82. The van der Waals surface area contributed by atoms with Crippen LogP contribution in [0, 0.1) is 0 Å². The van der Waals surface area contributed by atoms with Gasteiger partial charge in [-0.15, -0.1) is 0 Å². The van der Waals surface area contributed by atoms with Crippen molar-refractivity contribution < 1.29 is 9.84 Å². The number of aliphatic hydroxyl groups excluding tert-OH is 1. The molecule has 0 amide bonds. The van der Waals surface area contributed by atoms with Crippen molar-refractivity contribution in [2.75, 3.05) is 13.2 Å². The minimum atomic E-state index is 0.00204. The molecule has 0 spiro atoms. The number of ether oxygens (including phenoxy) is 1. The Hall–Kier alpha value is -2.59. The molecule has 0 saturated carbocycles. The molecule has 0 aliphatic heterocycles. The third-order valence-electron chi connectivity index (χ3n) is 3.19. The Kier molecular flexibility index (Phi) is 3.98. The van der Waals surface area contributed by atoms with Gasteiger partial charge in [0.15, 0.2) is 0 Å². The first-order chi connectivity index (χ1) is 10.4. The highest BCUT2D eigenvalue weighted by Gasteiger charge is 2.02. The molecule has 1 heterocycles. The van der Waals surface area contributed by atoms with Crippen molar-refractivity contribution in [3.8, 4) is 5.75 Å². The summed E-state index contributed by atoms with van der Waals surface area (Å²) in [4.78, 5) is 0. The number of aromatic nitrogens is 2. The summed E-state index contributed by atoms with van der Waals surface area (Å²) in [5.74, 6) is 0.752. The van der Waals surface area contributed by atoms with Gasteiger partial charge in [0.25, 0.3) is 0 Å². The van der Waals surface area contributed by atoms with Crippen LogP contribution in [-0.2, 0) is 0 Å². The second-order valence-electron chi connectivity index (χ2n) is 4.60. The Morgan fingerprint density at radius 1 is 1.05 bits per heavy atom. The zero-order valence-electron chi connectivity index (χ0n) is 11.5.